The van der Waals surface area contributed by atoms with Crippen LogP contribution in [-0.4, -0.2) is 15.9 Å². The van der Waals surface area contributed by atoms with Gasteiger partial charge in [-0.3, -0.25) is 9.78 Å². The molecule has 1 N–H and O–H groups in total. The summed E-state index contributed by atoms with van der Waals surface area (Å²) in [5, 5.41) is 3.92. The Kier molecular flexibility index (Phi) is 4.21. The molecule has 3 aromatic rings. The van der Waals surface area contributed by atoms with E-state index in [2.05, 4.69) is 21.4 Å². The number of nitrogens with zero attached hydrogens (tertiary/aromatic N) is 2. The standard InChI is InChI=1S/C16H15N3OS/c20-15(18-12-5-4-10-17-11-12)8-3-9-16-19-13-6-1-2-7-14(13)21-16/h1-2,4-7,10-11H,3,8-9H2,(H,18,20). The number of aromatic nitrogens is 2. The Morgan fingerprint density at radius 1 is 1.19 bits per heavy atom. The molecule has 1 aromatic carbocycles. The lowest BCUT2D eigenvalue weighted by Crippen LogP contribution is -2.11. The molecule has 0 atom stereocenters. The van der Waals surface area contributed by atoms with Crippen LogP contribution in [0.25, 0.3) is 10.2 Å². The average Bonchev–Trinajstić information content (AvgIpc) is 2.91. The second-order valence-electron chi connectivity index (χ2n) is 4.72. The van der Waals surface area contributed by atoms with Gasteiger partial charge in [-0.05, 0) is 37.1 Å². The third-order valence-electron chi connectivity index (χ3n) is 3.08. The van der Waals surface area contributed by atoms with Crippen LogP contribution in [0.4, 0.5) is 5.69 Å². The van der Waals surface area contributed by atoms with E-state index < -0.39 is 0 Å². The number of fused-ring (bicyclic) bond motifs is 1. The van der Waals surface area contributed by atoms with Gasteiger partial charge >= 0.3 is 0 Å². The van der Waals surface area contributed by atoms with Crippen molar-refractivity contribution in [3.8, 4) is 0 Å². The number of nitrogens with one attached hydrogen (secondary N) is 1. The molecule has 0 saturated carbocycles. The lowest BCUT2D eigenvalue weighted by Gasteiger charge is -2.03. The van der Waals surface area contributed by atoms with Crippen molar-refractivity contribution in [3.63, 3.8) is 0 Å². The van der Waals surface area contributed by atoms with E-state index in [-0.39, 0.29) is 5.91 Å². The van der Waals surface area contributed by atoms with E-state index in [1.807, 2.05) is 24.3 Å². The number of carbonyl (C=O) groups is 1. The quantitative estimate of drug-likeness (QED) is 0.782. The van der Waals surface area contributed by atoms with E-state index in [1.165, 1.54) is 4.70 Å². The zero-order valence-corrected chi connectivity index (χ0v) is 12.3. The number of hydrogen-bond donors (Lipinski definition) is 1. The second kappa shape index (κ2) is 6.45. The Hall–Kier alpha value is -2.27. The largest absolute Gasteiger partial charge is 0.325 e. The molecular formula is C16H15N3OS. The number of carbonyl (C=O) groups excluding carboxylic acids is 1. The highest BCUT2D eigenvalue weighted by atomic mass is 32.1. The molecule has 0 aliphatic carbocycles. The van der Waals surface area contributed by atoms with Crippen molar-refractivity contribution in [1.29, 1.82) is 0 Å². The molecule has 0 fully saturated rings. The molecule has 2 aromatic heterocycles. The normalized spacial score (nSPS) is 10.7. The highest BCUT2D eigenvalue weighted by Gasteiger charge is 2.06. The first-order valence-electron chi connectivity index (χ1n) is 6.85. The minimum absolute atomic E-state index is 0.0177. The zero-order valence-electron chi connectivity index (χ0n) is 11.5. The SMILES string of the molecule is O=C(CCCc1nc2ccccc2s1)Nc1cccnc1. The summed E-state index contributed by atoms with van der Waals surface area (Å²) in [4.78, 5) is 20.4. The number of thiazole rings is 1. The molecule has 0 saturated heterocycles. The molecule has 1 amide bonds. The number of anilines is 1. The van der Waals surface area contributed by atoms with Crippen molar-refractivity contribution in [2.45, 2.75) is 19.3 Å². The molecule has 3 rings (SSSR count). The number of rotatable bonds is 5. The molecule has 4 nitrogen and oxygen atoms in total. The fourth-order valence-corrected chi connectivity index (χ4v) is 3.10. The van der Waals surface area contributed by atoms with E-state index in [4.69, 9.17) is 0 Å². The summed E-state index contributed by atoms with van der Waals surface area (Å²) in [6.45, 7) is 0. The van der Waals surface area contributed by atoms with E-state index in [0.717, 1.165) is 29.1 Å². The minimum Gasteiger partial charge on any atom is -0.325 e. The van der Waals surface area contributed by atoms with Crippen LogP contribution >= 0.6 is 11.3 Å². The van der Waals surface area contributed by atoms with Gasteiger partial charge in [0, 0.05) is 12.6 Å². The van der Waals surface area contributed by atoms with Gasteiger partial charge in [-0.15, -0.1) is 11.3 Å². The van der Waals surface area contributed by atoms with Crippen LogP contribution in [0.2, 0.25) is 0 Å². The van der Waals surface area contributed by atoms with Gasteiger partial charge in [-0.2, -0.15) is 0 Å². The van der Waals surface area contributed by atoms with Crippen molar-refractivity contribution in [2.75, 3.05) is 5.32 Å². The Morgan fingerprint density at radius 2 is 2.10 bits per heavy atom. The lowest BCUT2D eigenvalue weighted by atomic mass is 10.2. The Bertz CT molecular complexity index is 706. The van der Waals surface area contributed by atoms with E-state index >= 15 is 0 Å². The Balaban J connectivity index is 1.50. The van der Waals surface area contributed by atoms with Gasteiger partial charge in [0.1, 0.15) is 0 Å². The maximum absolute atomic E-state index is 11.8. The molecule has 0 aliphatic heterocycles. The van der Waals surface area contributed by atoms with Gasteiger partial charge in [0.15, 0.2) is 0 Å². The van der Waals surface area contributed by atoms with Crippen LogP contribution in [0.3, 0.4) is 0 Å². The summed E-state index contributed by atoms with van der Waals surface area (Å²) < 4.78 is 1.20. The first-order valence-corrected chi connectivity index (χ1v) is 7.67. The van der Waals surface area contributed by atoms with Gasteiger partial charge in [0.05, 0.1) is 27.1 Å². The van der Waals surface area contributed by atoms with Crippen molar-refractivity contribution >= 4 is 33.1 Å². The first-order chi connectivity index (χ1) is 10.3. The molecule has 0 radical (unpaired) electrons. The van der Waals surface area contributed by atoms with Crippen LogP contribution in [-0.2, 0) is 11.2 Å². The first kappa shape index (κ1) is 13.7. The van der Waals surface area contributed by atoms with E-state index in [1.54, 1.807) is 29.8 Å². The predicted molar refractivity (Wildman–Crippen MR) is 85.4 cm³/mol. The van der Waals surface area contributed by atoms with Gasteiger partial charge in [-0.25, -0.2) is 4.98 Å². The van der Waals surface area contributed by atoms with Gasteiger partial charge in [0.2, 0.25) is 5.91 Å². The molecule has 0 spiro atoms. The number of aryl methyl sites for hydroxylation is 1. The zero-order chi connectivity index (χ0) is 14.5. The van der Waals surface area contributed by atoms with Crippen molar-refractivity contribution in [1.82, 2.24) is 9.97 Å². The monoisotopic (exact) mass is 297 g/mol. The fourth-order valence-electron chi connectivity index (χ4n) is 2.09. The number of para-hydroxylation sites is 1. The molecule has 21 heavy (non-hydrogen) atoms. The molecule has 0 aliphatic rings. The molecule has 0 bridgehead atoms. The number of hydrogen-bond acceptors (Lipinski definition) is 4. The van der Waals surface area contributed by atoms with Crippen LogP contribution in [0, 0.1) is 0 Å². The molecule has 106 valence electrons. The van der Waals surface area contributed by atoms with Crippen molar-refractivity contribution < 1.29 is 4.79 Å². The van der Waals surface area contributed by atoms with Gasteiger partial charge < -0.3 is 5.32 Å². The number of pyridine rings is 1. The molecular weight excluding hydrogens is 282 g/mol. The Morgan fingerprint density at radius 3 is 2.90 bits per heavy atom. The third-order valence-corrected chi connectivity index (χ3v) is 4.17. The molecule has 2 heterocycles. The van der Waals surface area contributed by atoms with Crippen molar-refractivity contribution in [2.24, 2.45) is 0 Å². The predicted octanol–water partition coefficient (Wildman–Crippen LogP) is 3.65. The molecule has 5 heteroatoms. The maximum Gasteiger partial charge on any atom is 0.224 e. The maximum atomic E-state index is 11.8. The average molecular weight is 297 g/mol. The number of benzene rings is 1. The highest BCUT2D eigenvalue weighted by molar-refractivity contribution is 7.18. The fraction of sp³-hybridized carbons (Fsp3) is 0.188. The highest BCUT2D eigenvalue weighted by Crippen LogP contribution is 2.22. The topological polar surface area (TPSA) is 54.9 Å². The lowest BCUT2D eigenvalue weighted by molar-refractivity contribution is -0.116. The summed E-state index contributed by atoms with van der Waals surface area (Å²) in [7, 11) is 0. The van der Waals surface area contributed by atoms with Crippen LogP contribution in [0.1, 0.15) is 17.8 Å². The summed E-state index contributed by atoms with van der Waals surface area (Å²) in [5.74, 6) is 0.0177. The smallest absolute Gasteiger partial charge is 0.224 e. The summed E-state index contributed by atoms with van der Waals surface area (Å²) in [5.41, 5.74) is 1.78. The summed E-state index contributed by atoms with van der Waals surface area (Å²) in [6.07, 6.45) is 5.45. The van der Waals surface area contributed by atoms with Crippen LogP contribution in [0.15, 0.2) is 48.8 Å². The molecule has 0 unspecified atom stereocenters. The number of amides is 1. The van der Waals surface area contributed by atoms with E-state index in [9.17, 15) is 4.79 Å². The Labute approximate surface area is 126 Å². The van der Waals surface area contributed by atoms with Gasteiger partial charge in [-0.1, -0.05) is 12.1 Å². The second-order valence-corrected chi connectivity index (χ2v) is 5.83. The van der Waals surface area contributed by atoms with Crippen LogP contribution in [0.5, 0.6) is 0 Å². The summed E-state index contributed by atoms with van der Waals surface area (Å²) >= 11 is 1.70. The van der Waals surface area contributed by atoms with E-state index in [0.29, 0.717) is 6.42 Å². The van der Waals surface area contributed by atoms with Crippen LogP contribution < -0.4 is 5.32 Å². The summed E-state index contributed by atoms with van der Waals surface area (Å²) in [6, 6.07) is 11.7. The third kappa shape index (κ3) is 3.64. The minimum atomic E-state index is 0.0177. The van der Waals surface area contributed by atoms with Crippen molar-refractivity contribution in [3.05, 3.63) is 53.8 Å². The van der Waals surface area contributed by atoms with Gasteiger partial charge in [0.25, 0.3) is 0 Å².